The summed E-state index contributed by atoms with van der Waals surface area (Å²) in [4.78, 5) is 22.6. The van der Waals surface area contributed by atoms with E-state index in [1.54, 1.807) is 30.3 Å². The third kappa shape index (κ3) is 3.73. The molecular weight excluding hydrogens is 243 g/mol. The van der Waals surface area contributed by atoms with Gasteiger partial charge in [0.05, 0.1) is 0 Å². The molecule has 0 aliphatic carbocycles. The highest BCUT2D eigenvalue weighted by Crippen LogP contribution is 2.23. The zero-order chi connectivity index (χ0) is 12.8. The molecular formula is C11H11O5P. The second-order valence-electron chi connectivity index (χ2n) is 3.33. The van der Waals surface area contributed by atoms with Crippen molar-refractivity contribution < 1.29 is 24.0 Å². The van der Waals surface area contributed by atoms with Crippen LogP contribution in [0.4, 0.5) is 0 Å². The molecule has 1 rings (SSSR count). The highest BCUT2D eigenvalue weighted by molar-refractivity contribution is 7.46. The third-order valence-corrected chi connectivity index (χ3v) is 2.41. The number of hydrogen-bond donors (Lipinski definition) is 1. The molecule has 6 heteroatoms. The Morgan fingerprint density at radius 2 is 1.88 bits per heavy atom. The Bertz CT molecular complexity index is 415. The van der Waals surface area contributed by atoms with Crippen LogP contribution in [0, 0.1) is 0 Å². The molecule has 0 saturated heterocycles. The average molecular weight is 254 g/mol. The van der Waals surface area contributed by atoms with Gasteiger partial charge >= 0.3 is 5.97 Å². The smallest absolute Gasteiger partial charge is 0.335 e. The third-order valence-electron chi connectivity index (χ3n) is 1.99. The number of esters is 1. The second kappa shape index (κ2) is 6.23. The van der Waals surface area contributed by atoms with Crippen molar-refractivity contribution in [3.63, 3.8) is 0 Å². The fraction of sp³-hybridized carbons (Fsp3) is 0.273. The fourth-order valence-corrected chi connectivity index (χ4v) is 1.45. The Balaban J connectivity index is 2.93. The molecule has 0 saturated carbocycles. The summed E-state index contributed by atoms with van der Waals surface area (Å²) in [5, 5.41) is 9.00. The van der Waals surface area contributed by atoms with Crippen molar-refractivity contribution in [2.24, 2.45) is 0 Å². The van der Waals surface area contributed by atoms with E-state index in [1.165, 1.54) is 6.92 Å². The molecule has 1 aromatic carbocycles. The van der Waals surface area contributed by atoms with Gasteiger partial charge in [0.1, 0.15) is 6.10 Å². The van der Waals surface area contributed by atoms with E-state index >= 15 is 0 Å². The maximum Gasteiger partial charge on any atom is 0.335 e. The van der Waals surface area contributed by atoms with Crippen molar-refractivity contribution in [1.82, 2.24) is 0 Å². The van der Waals surface area contributed by atoms with Gasteiger partial charge in [-0.25, -0.2) is 4.79 Å². The summed E-state index contributed by atoms with van der Waals surface area (Å²) in [5.74, 6) is -0.934. The predicted octanol–water partition coefficient (Wildman–Crippen LogP) is 1.47. The van der Waals surface area contributed by atoms with Crippen LogP contribution < -0.4 is 0 Å². The highest BCUT2D eigenvalue weighted by Gasteiger charge is 2.26. The van der Waals surface area contributed by atoms with Crippen LogP contribution in [0.1, 0.15) is 18.6 Å². The monoisotopic (exact) mass is 254 g/mol. The number of hydrogen-bond acceptors (Lipinski definition) is 5. The minimum Gasteiger partial charge on any atom is -0.447 e. The lowest BCUT2D eigenvalue weighted by Crippen LogP contribution is -2.24. The number of aliphatic hydroxyl groups is 1. The molecule has 17 heavy (non-hydrogen) atoms. The van der Waals surface area contributed by atoms with E-state index in [-0.39, 0.29) is 0 Å². The molecule has 90 valence electrons. The van der Waals surface area contributed by atoms with Gasteiger partial charge in [0.2, 0.25) is 8.46 Å². The van der Waals surface area contributed by atoms with Crippen LogP contribution in [0.25, 0.3) is 0 Å². The fourth-order valence-electron chi connectivity index (χ4n) is 1.15. The maximum absolute atomic E-state index is 11.4. The molecule has 0 fully saturated rings. The molecule has 0 spiro atoms. The molecule has 0 radical (unpaired) electrons. The molecule has 0 bridgehead atoms. The SMILES string of the molecule is C[C@H](O)C(=O)O[C@H](C(=O)P=O)c1ccccc1. The molecule has 1 N–H and O–H groups in total. The minimum atomic E-state index is -1.34. The quantitative estimate of drug-likeness (QED) is 0.635. The van der Waals surface area contributed by atoms with Gasteiger partial charge in [0, 0.05) is 5.56 Å². The summed E-state index contributed by atoms with van der Waals surface area (Å²) in [7, 11) is -0.742. The van der Waals surface area contributed by atoms with Crippen LogP contribution in [0.5, 0.6) is 0 Å². The van der Waals surface area contributed by atoms with Crippen molar-refractivity contribution >= 4 is 20.0 Å². The summed E-state index contributed by atoms with van der Waals surface area (Å²) in [6.45, 7) is 1.23. The normalized spacial score (nSPS) is 14.0. The van der Waals surface area contributed by atoms with Crippen LogP contribution in [-0.4, -0.2) is 22.7 Å². The molecule has 0 unspecified atom stereocenters. The van der Waals surface area contributed by atoms with Crippen LogP contribution >= 0.6 is 8.46 Å². The predicted molar refractivity (Wildman–Crippen MR) is 59.6 cm³/mol. The first-order valence-electron chi connectivity index (χ1n) is 4.87. The van der Waals surface area contributed by atoms with E-state index in [0.29, 0.717) is 5.56 Å². The van der Waals surface area contributed by atoms with Gasteiger partial charge < -0.3 is 9.84 Å². The summed E-state index contributed by atoms with van der Waals surface area (Å²) in [6, 6.07) is 8.20. The van der Waals surface area contributed by atoms with E-state index in [9.17, 15) is 14.2 Å². The van der Waals surface area contributed by atoms with Crippen molar-refractivity contribution in [3.05, 3.63) is 35.9 Å². The minimum absolute atomic E-state index is 0.412. The van der Waals surface area contributed by atoms with E-state index < -0.39 is 32.2 Å². The average Bonchev–Trinajstić information content (AvgIpc) is 2.35. The van der Waals surface area contributed by atoms with Gasteiger partial charge in [0.25, 0.3) is 5.52 Å². The largest absolute Gasteiger partial charge is 0.447 e. The molecule has 0 heterocycles. The lowest BCUT2D eigenvalue weighted by Gasteiger charge is -2.15. The second-order valence-corrected chi connectivity index (χ2v) is 3.96. The lowest BCUT2D eigenvalue weighted by atomic mass is 10.1. The van der Waals surface area contributed by atoms with Crippen LogP contribution in [0.3, 0.4) is 0 Å². The first-order chi connectivity index (χ1) is 8.06. The summed E-state index contributed by atoms with van der Waals surface area (Å²) in [6.07, 6.45) is -2.59. The van der Waals surface area contributed by atoms with Gasteiger partial charge in [-0.15, -0.1) is 0 Å². The van der Waals surface area contributed by atoms with Gasteiger partial charge in [-0.3, -0.25) is 9.36 Å². The zero-order valence-corrected chi connectivity index (χ0v) is 9.96. The van der Waals surface area contributed by atoms with E-state index in [4.69, 9.17) is 9.84 Å². The Morgan fingerprint density at radius 1 is 1.29 bits per heavy atom. The number of carbonyl (C=O) groups excluding carboxylic acids is 2. The molecule has 0 aliphatic heterocycles. The Kier molecular flexibility index (Phi) is 4.94. The van der Waals surface area contributed by atoms with Crippen molar-refractivity contribution in [2.75, 3.05) is 0 Å². The Labute approximate surface area is 99.6 Å². The maximum atomic E-state index is 11.4. The van der Waals surface area contributed by atoms with Crippen LogP contribution in [0.2, 0.25) is 0 Å². The van der Waals surface area contributed by atoms with E-state index in [0.717, 1.165) is 0 Å². The molecule has 2 atom stereocenters. The van der Waals surface area contributed by atoms with Gasteiger partial charge in [0.15, 0.2) is 6.10 Å². The zero-order valence-electron chi connectivity index (χ0n) is 9.07. The Morgan fingerprint density at radius 3 is 2.35 bits per heavy atom. The first kappa shape index (κ1) is 13.5. The van der Waals surface area contributed by atoms with Crippen molar-refractivity contribution in [1.29, 1.82) is 0 Å². The van der Waals surface area contributed by atoms with Crippen molar-refractivity contribution in [3.8, 4) is 0 Å². The van der Waals surface area contributed by atoms with Gasteiger partial charge in [-0.05, 0) is 6.92 Å². The standard InChI is InChI=1S/C11H11O5P/c1-7(12)10(13)16-9(11(14)17-15)8-5-3-2-4-6-8/h2-7,9,12H,1H3/t7-,9-/m0/s1. The molecule has 0 aromatic heterocycles. The molecule has 0 amide bonds. The first-order valence-corrected chi connectivity index (χ1v) is 5.68. The number of benzene rings is 1. The van der Waals surface area contributed by atoms with E-state index in [2.05, 4.69) is 0 Å². The number of rotatable bonds is 5. The molecule has 0 aliphatic rings. The summed E-state index contributed by atoms with van der Waals surface area (Å²) >= 11 is 0. The number of aliphatic hydroxyl groups excluding tert-OH is 1. The topological polar surface area (TPSA) is 80.7 Å². The highest BCUT2D eigenvalue weighted by atomic mass is 31.1. The Hall–Kier alpha value is -1.58. The molecule has 1 aromatic rings. The molecule has 5 nitrogen and oxygen atoms in total. The lowest BCUT2D eigenvalue weighted by molar-refractivity contribution is -0.161. The van der Waals surface area contributed by atoms with Gasteiger partial charge in [-0.1, -0.05) is 30.3 Å². The summed E-state index contributed by atoms with van der Waals surface area (Å²) < 4.78 is 15.4. The van der Waals surface area contributed by atoms with Gasteiger partial charge in [-0.2, -0.15) is 0 Å². The van der Waals surface area contributed by atoms with Crippen molar-refractivity contribution in [2.45, 2.75) is 19.1 Å². The number of carbonyl (C=O) groups is 2. The van der Waals surface area contributed by atoms with Crippen LogP contribution in [0.15, 0.2) is 30.3 Å². The number of ether oxygens (including phenoxy) is 1. The van der Waals surface area contributed by atoms with Crippen LogP contribution in [-0.2, 0) is 18.9 Å². The summed E-state index contributed by atoms with van der Waals surface area (Å²) in [5.41, 5.74) is -0.361. The van der Waals surface area contributed by atoms with E-state index in [1.807, 2.05) is 0 Å².